The summed E-state index contributed by atoms with van der Waals surface area (Å²) < 4.78 is 4.50. The molecule has 0 saturated heterocycles. The molecule has 7 heteroatoms. The van der Waals surface area contributed by atoms with E-state index in [4.69, 9.17) is 5.11 Å². The van der Waals surface area contributed by atoms with Crippen LogP contribution < -0.4 is 5.32 Å². The number of hydrogen-bond acceptors (Lipinski definition) is 4. The summed E-state index contributed by atoms with van der Waals surface area (Å²) >= 11 is 0. The number of ether oxygens (including phenoxy) is 1. The van der Waals surface area contributed by atoms with E-state index in [2.05, 4.69) is 10.1 Å². The molecule has 2 amide bonds. The van der Waals surface area contributed by atoms with E-state index >= 15 is 0 Å². The van der Waals surface area contributed by atoms with Gasteiger partial charge in [-0.3, -0.25) is 4.79 Å². The number of esters is 1. The number of carbonyl (C=O) groups is 3. The van der Waals surface area contributed by atoms with Crippen LogP contribution in [0.5, 0.6) is 0 Å². The van der Waals surface area contributed by atoms with Crippen LogP contribution in [-0.2, 0) is 14.3 Å². The molecule has 0 radical (unpaired) electrons. The maximum absolute atomic E-state index is 12.0. The molecule has 0 aromatic rings. The summed E-state index contributed by atoms with van der Waals surface area (Å²) in [5.41, 5.74) is 0. The monoisotopic (exact) mass is 274 g/mol. The summed E-state index contributed by atoms with van der Waals surface area (Å²) in [6, 6.07) is -1.84. The van der Waals surface area contributed by atoms with Crippen molar-refractivity contribution in [3.8, 4) is 0 Å². The molecule has 0 aliphatic rings. The SMILES string of the molecule is COC(=O)CN(C(=O)NC(C(=O)O)C(C)C)C(C)C. The molecule has 1 atom stereocenters. The summed E-state index contributed by atoms with van der Waals surface area (Å²) in [4.78, 5) is 35.5. The maximum atomic E-state index is 12.0. The highest BCUT2D eigenvalue weighted by molar-refractivity contribution is 5.85. The van der Waals surface area contributed by atoms with Gasteiger partial charge in [0.15, 0.2) is 0 Å². The van der Waals surface area contributed by atoms with Gasteiger partial charge in [0.25, 0.3) is 0 Å². The van der Waals surface area contributed by atoms with Crippen molar-refractivity contribution in [1.82, 2.24) is 10.2 Å². The first-order chi connectivity index (χ1) is 8.70. The number of nitrogens with zero attached hydrogens (tertiary/aromatic N) is 1. The molecule has 110 valence electrons. The van der Waals surface area contributed by atoms with E-state index in [1.54, 1.807) is 27.7 Å². The molecular weight excluding hydrogens is 252 g/mol. The Morgan fingerprint density at radius 2 is 1.74 bits per heavy atom. The first kappa shape index (κ1) is 17.2. The summed E-state index contributed by atoms with van der Waals surface area (Å²) in [5, 5.41) is 11.4. The molecule has 19 heavy (non-hydrogen) atoms. The number of rotatable bonds is 6. The normalized spacial score (nSPS) is 12.2. The number of urea groups is 1. The zero-order valence-corrected chi connectivity index (χ0v) is 12.0. The standard InChI is InChI=1S/C12H22N2O5/c1-7(2)10(11(16)17)13-12(18)14(8(3)4)6-9(15)19-5/h7-8,10H,6H2,1-5H3,(H,13,18)(H,16,17). The van der Waals surface area contributed by atoms with Gasteiger partial charge in [0.2, 0.25) is 0 Å². The van der Waals surface area contributed by atoms with Crippen LogP contribution >= 0.6 is 0 Å². The summed E-state index contributed by atoms with van der Waals surface area (Å²) in [6.45, 7) is 6.63. The van der Waals surface area contributed by atoms with E-state index in [0.29, 0.717) is 0 Å². The number of carbonyl (C=O) groups excluding carboxylic acids is 2. The van der Waals surface area contributed by atoms with Crippen molar-refractivity contribution in [3.63, 3.8) is 0 Å². The molecule has 0 heterocycles. The van der Waals surface area contributed by atoms with Crippen LogP contribution in [0.1, 0.15) is 27.7 Å². The Kier molecular flexibility index (Phi) is 6.89. The van der Waals surface area contributed by atoms with Crippen molar-refractivity contribution in [2.75, 3.05) is 13.7 Å². The zero-order valence-electron chi connectivity index (χ0n) is 12.0. The van der Waals surface area contributed by atoms with Gasteiger partial charge in [-0.1, -0.05) is 13.8 Å². The highest BCUT2D eigenvalue weighted by atomic mass is 16.5. The summed E-state index contributed by atoms with van der Waals surface area (Å²) in [6.07, 6.45) is 0. The molecule has 0 fully saturated rings. The summed E-state index contributed by atoms with van der Waals surface area (Å²) in [7, 11) is 1.23. The van der Waals surface area contributed by atoms with Gasteiger partial charge in [-0.05, 0) is 19.8 Å². The lowest BCUT2D eigenvalue weighted by Gasteiger charge is -2.28. The van der Waals surface area contributed by atoms with Crippen LogP contribution in [0.15, 0.2) is 0 Å². The third-order valence-electron chi connectivity index (χ3n) is 2.62. The molecule has 0 aromatic heterocycles. The number of aliphatic carboxylic acids is 1. The third kappa shape index (κ3) is 5.58. The Labute approximate surface area is 112 Å². The number of amides is 2. The van der Waals surface area contributed by atoms with E-state index in [1.165, 1.54) is 12.0 Å². The van der Waals surface area contributed by atoms with E-state index < -0.39 is 24.0 Å². The fourth-order valence-electron chi connectivity index (χ4n) is 1.42. The Bertz CT molecular complexity index is 341. The molecule has 0 saturated carbocycles. The second-order valence-corrected chi connectivity index (χ2v) is 4.81. The van der Waals surface area contributed by atoms with Crippen LogP contribution in [-0.4, -0.2) is 53.7 Å². The second-order valence-electron chi connectivity index (χ2n) is 4.81. The molecule has 0 aliphatic carbocycles. The first-order valence-corrected chi connectivity index (χ1v) is 6.07. The highest BCUT2D eigenvalue weighted by Crippen LogP contribution is 2.05. The Morgan fingerprint density at radius 3 is 2.05 bits per heavy atom. The number of hydrogen-bond donors (Lipinski definition) is 2. The fraction of sp³-hybridized carbons (Fsp3) is 0.750. The van der Waals surface area contributed by atoms with Gasteiger partial charge in [0.05, 0.1) is 7.11 Å². The molecule has 2 N–H and O–H groups in total. The molecule has 0 spiro atoms. The maximum Gasteiger partial charge on any atom is 0.326 e. The average molecular weight is 274 g/mol. The topological polar surface area (TPSA) is 95.9 Å². The molecule has 0 aromatic carbocycles. The minimum atomic E-state index is -1.11. The van der Waals surface area contributed by atoms with E-state index in [-0.39, 0.29) is 18.5 Å². The Balaban J connectivity index is 4.81. The van der Waals surface area contributed by atoms with Crippen LogP contribution in [0, 0.1) is 5.92 Å². The largest absolute Gasteiger partial charge is 0.480 e. The third-order valence-corrected chi connectivity index (χ3v) is 2.62. The van der Waals surface area contributed by atoms with Crippen molar-refractivity contribution in [1.29, 1.82) is 0 Å². The second kappa shape index (κ2) is 7.60. The lowest BCUT2D eigenvalue weighted by atomic mass is 10.1. The molecule has 0 bridgehead atoms. The van der Waals surface area contributed by atoms with Gasteiger partial charge < -0.3 is 20.1 Å². The van der Waals surface area contributed by atoms with Gasteiger partial charge in [0.1, 0.15) is 12.6 Å². The number of carboxylic acids is 1. The first-order valence-electron chi connectivity index (χ1n) is 6.07. The predicted octanol–water partition coefficient (Wildman–Crippen LogP) is 0.689. The molecule has 0 aliphatic heterocycles. The lowest BCUT2D eigenvalue weighted by Crippen LogP contribution is -2.53. The molecule has 0 rings (SSSR count). The van der Waals surface area contributed by atoms with Crippen LogP contribution in [0.3, 0.4) is 0 Å². The van der Waals surface area contributed by atoms with Gasteiger partial charge >= 0.3 is 18.0 Å². The minimum Gasteiger partial charge on any atom is -0.480 e. The lowest BCUT2D eigenvalue weighted by molar-refractivity contribution is -0.141. The molecule has 1 unspecified atom stereocenters. The van der Waals surface area contributed by atoms with Crippen LogP contribution in [0.2, 0.25) is 0 Å². The summed E-state index contributed by atoms with van der Waals surface area (Å²) in [5.74, 6) is -1.92. The Hall–Kier alpha value is -1.79. The average Bonchev–Trinajstić information content (AvgIpc) is 2.30. The van der Waals surface area contributed by atoms with Gasteiger partial charge in [-0.25, -0.2) is 9.59 Å². The predicted molar refractivity (Wildman–Crippen MR) is 68.7 cm³/mol. The van der Waals surface area contributed by atoms with E-state index in [0.717, 1.165) is 0 Å². The molecular formula is C12H22N2O5. The van der Waals surface area contributed by atoms with Crippen molar-refractivity contribution in [2.24, 2.45) is 5.92 Å². The fourth-order valence-corrected chi connectivity index (χ4v) is 1.42. The van der Waals surface area contributed by atoms with Crippen molar-refractivity contribution >= 4 is 18.0 Å². The number of carboxylic acid groups (broad SMARTS) is 1. The quantitative estimate of drug-likeness (QED) is 0.695. The van der Waals surface area contributed by atoms with Crippen molar-refractivity contribution in [2.45, 2.75) is 39.8 Å². The number of nitrogens with one attached hydrogen (secondary N) is 1. The van der Waals surface area contributed by atoms with Gasteiger partial charge in [-0.2, -0.15) is 0 Å². The number of methoxy groups -OCH3 is 1. The minimum absolute atomic E-state index is 0.218. The van der Waals surface area contributed by atoms with E-state index in [9.17, 15) is 14.4 Å². The van der Waals surface area contributed by atoms with Crippen molar-refractivity contribution in [3.05, 3.63) is 0 Å². The molecule has 7 nitrogen and oxygen atoms in total. The Morgan fingerprint density at radius 1 is 1.21 bits per heavy atom. The zero-order chi connectivity index (χ0) is 15.2. The van der Waals surface area contributed by atoms with Crippen LogP contribution in [0.4, 0.5) is 4.79 Å². The van der Waals surface area contributed by atoms with Crippen molar-refractivity contribution < 1.29 is 24.2 Å². The smallest absolute Gasteiger partial charge is 0.326 e. The van der Waals surface area contributed by atoms with Crippen LogP contribution in [0.25, 0.3) is 0 Å². The van der Waals surface area contributed by atoms with Gasteiger partial charge in [0, 0.05) is 6.04 Å². The van der Waals surface area contributed by atoms with E-state index in [1.807, 2.05) is 0 Å². The van der Waals surface area contributed by atoms with Gasteiger partial charge in [-0.15, -0.1) is 0 Å². The highest BCUT2D eigenvalue weighted by Gasteiger charge is 2.28.